The van der Waals surface area contributed by atoms with Crippen LogP contribution in [0.5, 0.6) is 0 Å². The first-order chi connectivity index (χ1) is 14.3. The van der Waals surface area contributed by atoms with E-state index in [0.717, 1.165) is 49.7 Å². The van der Waals surface area contributed by atoms with Crippen molar-refractivity contribution in [3.05, 3.63) is 59.2 Å². The van der Waals surface area contributed by atoms with Gasteiger partial charge in [0.25, 0.3) is 0 Å². The second kappa shape index (κ2) is 9.51. The summed E-state index contributed by atoms with van der Waals surface area (Å²) in [7, 11) is -3.57. The van der Waals surface area contributed by atoms with Crippen LogP contribution in [0.2, 0.25) is 0 Å². The van der Waals surface area contributed by atoms with Crippen LogP contribution in [0.15, 0.2) is 42.5 Å². The predicted octanol–water partition coefficient (Wildman–Crippen LogP) is 3.03. The smallest absolute Gasteiger partial charge is 0.240 e. The molecule has 0 bridgehead atoms. The van der Waals surface area contributed by atoms with Crippen molar-refractivity contribution in [1.82, 2.24) is 5.32 Å². The van der Waals surface area contributed by atoms with E-state index in [1.54, 1.807) is 6.07 Å². The Bertz CT molecular complexity index is 1000. The molecule has 0 aliphatic carbocycles. The van der Waals surface area contributed by atoms with Crippen LogP contribution in [0.1, 0.15) is 29.5 Å². The Kier molecular flexibility index (Phi) is 7.02. The predicted molar refractivity (Wildman–Crippen MR) is 123 cm³/mol. The average molecular weight is 430 g/mol. The molecule has 162 valence electrons. The van der Waals surface area contributed by atoms with E-state index in [0.29, 0.717) is 12.2 Å². The van der Waals surface area contributed by atoms with Crippen LogP contribution in [0.25, 0.3) is 0 Å². The fourth-order valence-electron chi connectivity index (χ4n) is 3.90. The summed E-state index contributed by atoms with van der Waals surface area (Å²) < 4.78 is 25.8. The van der Waals surface area contributed by atoms with Crippen LogP contribution in [0.4, 0.5) is 11.4 Å². The van der Waals surface area contributed by atoms with E-state index in [2.05, 4.69) is 34.5 Å². The summed E-state index contributed by atoms with van der Waals surface area (Å²) in [6, 6.07) is 14.1. The van der Waals surface area contributed by atoms with Gasteiger partial charge in [-0.15, -0.1) is 0 Å². The third kappa shape index (κ3) is 5.53. The van der Waals surface area contributed by atoms with Crippen molar-refractivity contribution in [2.24, 2.45) is 0 Å². The minimum Gasteiger partial charge on any atom is -0.371 e. The minimum atomic E-state index is -3.57. The highest BCUT2D eigenvalue weighted by Gasteiger charge is 2.22. The number of amides is 1. The number of carbonyl (C=O) groups excluding carboxylic acids is 1. The van der Waals surface area contributed by atoms with Gasteiger partial charge < -0.3 is 10.2 Å². The minimum absolute atomic E-state index is 0.213. The Morgan fingerprint density at radius 1 is 1.17 bits per heavy atom. The molecule has 0 aromatic heterocycles. The van der Waals surface area contributed by atoms with Gasteiger partial charge in [0, 0.05) is 25.3 Å². The number of para-hydroxylation sites is 1. The number of nitrogens with zero attached hydrogens (tertiary/aromatic N) is 2. The number of nitrogens with one attached hydrogen (secondary N) is 1. The largest absolute Gasteiger partial charge is 0.371 e. The highest BCUT2D eigenvalue weighted by Crippen LogP contribution is 2.26. The molecule has 1 amide bonds. The molecule has 1 N–H and O–H groups in total. The highest BCUT2D eigenvalue weighted by atomic mass is 32.2. The summed E-state index contributed by atoms with van der Waals surface area (Å²) in [5, 5.41) is 2.88. The zero-order chi connectivity index (χ0) is 21.7. The van der Waals surface area contributed by atoms with Crippen molar-refractivity contribution in [2.75, 3.05) is 41.6 Å². The SMILES string of the molecule is Cc1ccc(C)c(N(CC(=O)NCCCN2CCCc3ccccc32)S(C)(=O)=O)c1. The lowest BCUT2D eigenvalue weighted by atomic mass is 10.0. The molecule has 3 rings (SSSR count). The maximum Gasteiger partial charge on any atom is 0.240 e. The van der Waals surface area contributed by atoms with Gasteiger partial charge in [-0.1, -0.05) is 30.3 Å². The van der Waals surface area contributed by atoms with E-state index >= 15 is 0 Å². The van der Waals surface area contributed by atoms with Crippen molar-refractivity contribution in [1.29, 1.82) is 0 Å². The lowest BCUT2D eigenvalue weighted by Crippen LogP contribution is -2.41. The summed E-state index contributed by atoms with van der Waals surface area (Å²) in [5.74, 6) is -0.291. The maximum atomic E-state index is 12.5. The van der Waals surface area contributed by atoms with E-state index < -0.39 is 10.0 Å². The number of benzene rings is 2. The lowest BCUT2D eigenvalue weighted by molar-refractivity contribution is -0.119. The number of anilines is 2. The van der Waals surface area contributed by atoms with Crippen LogP contribution in [-0.4, -0.2) is 46.8 Å². The summed E-state index contributed by atoms with van der Waals surface area (Å²) in [6.45, 7) is 5.95. The molecule has 1 aliphatic heterocycles. The van der Waals surface area contributed by atoms with Gasteiger partial charge in [0.05, 0.1) is 11.9 Å². The Balaban J connectivity index is 1.55. The zero-order valence-electron chi connectivity index (χ0n) is 18.0. The fourth-order valence-corrected chi connectivity index (χ4v) is 4.80. The molecule has 1 aliphatic rings. The second-order valence-corrected chi connectivity index (χ2v) is 9.89. The van der Waals surface area contributed by atoms with Gasteiger partial charge in [-0.25, -0.2) is 8.42 Å². The molecule has 1 heterocycles. The zero-order valence-corrected chi connectivity index (χ0v) is 18.8. The van der Waals surface area contributed by atoms with Crippen LogP contribution in [0.3, 0.4) is 0 Å². The standard InChI is InChI=1S/C23H31N3O3S/c1-18-11-12-19(2)22(16-18)26(30(3,28)29)17-23(27)24-13-7-15-25-14-6-9-20-8-4-5-10-21(20)25/h4-5,8,10-12,16H,6-7,9,13-15,17H2,1-3H3,(H,24,27). The summed E-state index contributed by atoms with van der Waals surface area (Å²) in [5.41, 5.74) is 4.99. The van der Waals surface area contributed by atoms with Crippen LogP contribution in [0, 0.1) is 13.8 Å². The molecule has 0 unspecified atom stereocenters. The Labute approximate surface area is 179 Å². The highest BCUT2D eigenvalue weighted by molar-refractivity contribution is 7.92. The first-order valence-electron chi connectivity index (χ1n) is 10.4. The van der Waals surface area contributed by atoms with Gasteiger partial charge in [0.15, 0.2) is 0 Å². The summed E-state index contributed by atoms with van der Waals surface area (Å²) in [4.78, 5) is 14.9. The molecule has 0 fully saturated rings. The Morgan fingerprint density at radius 3 is 2.70 bits per heavy atom. The topological polar surface area (TPSA) is 69.7 Å². The van der Waals surface area contributed by atoms with E-state index in [1.807, 2.05) is 26.0 Å². The number of fused-ring (bicyclic) bond motifs is 1. The quantitative estimate of drug-likeness (QED) is 0.655. The molecule has 0 spiro atoms. The number of carbonyl (C=O) groups is 1. The molecule has 2 aromatic rings. The molecular weight excluding hydrogens is 398 g/mol. The first kappa shape index (κ1) is 22.2. The first-order valence-corrected chi connectivity index (χ1v) is 12.2. The number of sulfonamides is 1. The molecule has 6 nitrogen and oxygen atoms in total. The van der Waals surface area contributed by atoms with Gasteiger partial charge in [0.2, 0.25) is 15.9 Å². The Morgan fingerprint density at radius 2 is 1.93 bits per heavy atom. The van der Waals surface area contributed by atoms with Crippen LogP contribution in [-0.2, 0) is 21.2 Å². The second-order valence-electron chi connectivity index (χ2n) is 7.98. The number of hydrogen-bond acceptors (Lipinski definition) is 4. The normalized spacial score (nSPS) is 13.6. The van der Waals surface area contributed by atoms with Crippen LogP contribution < -0.4 is 14.5 Å². The monoisotopic (exact) mass is 429 g/mol. The third-order valence-corrected chi connectivity index (χ3v) is 6.58. The number of hydrogen-bond donors (Lipinski definition) is 1. The van der Waals surface area contributed by atoms with Crippen molar-refractivity contribution in [3.63, 3.8) is 0 Å². The van der Waals surface area contributed by atoms with Crippen molar-refractivity contribution < 1.29 is 13.2 Å². The molecule has 0 atom stereocenters. The third-order valence-electron chi connectivity index (χ3n) is 5.45. The maximum absolute atomic E-state index is 12.5. The van der Waals surface area contributed by atoms with Gasteiger partial charge >= 0.3 is 0 Å². The van der Waals surface area contributed by atoms with Gasteiger partial charge in [-0.2, -0.15) is 0 Å². The summed E-state index contributed by atoms with van der Waals surface area (Å²) in [6.07, 6.45) is 4.20. The van der Waals surface area contributed by atoms with Gasteiger partial charge in [-0.3, -0.25) is 9.10 Å². The van der Waals surface area contributed by atoms with Crippen LogP contribution >= 0.6 is 0 Å². The molecule has 30 heavy (non-hydrogen) atoms. The van der Waals surface area contributed by atoms with E-state index in [4.69, 9.17) is 0 Å². The van der Waals surface area contributed by atoms with Crippen molar-refractivity contribution >= 4 is 27.3 Å². The lowest BCUT2D eigenvalue weighted by Gasteiger charge is -2.31. The molecule has 0 saturated heterocycles. The molecule has 2 aromatic carbocycles. The Hall–Kier alpha value is -2.54. The number of rotatable bonds is 8. The van der Waals surface area contributed by atoms with Gasteiger partial charge in [-0.05, 0) is 61.9 Å². The van der Waals surface area contributed by atoms with Crippen molar-refractivity contribution in [2.45, 2.75) is 33.1 Å². The van der Waals surface area contributed by atoms with E-state index in [-0.39, 0.29) is 12.5 Å². The van der Waals surface area contributed by atoms with E-state index in [9.17, 15) is 13.2 Å². The molecule has 0 saturated carbocycles. The van der Waals surface area contributed by atoms with Gasteiger partial charge in [0.1, 0.15) is 6.54 Å². The van der Waals surface area contributed by atoms with E-state index in [1.165, 1.54) is 15.6 Å². The fraction of sp³-hybridized carbons (Fsp3) is 0.435. The molecule has 0 radical (unpaired) electrons. The molecular formula is C23H31N3O3S. The van der Waals surface area contributed by atoms with Crippen molar-refractivity contribution in [3.8, 4) is 0 Å². The average Bonchev–Trinajstić information content (AvgIpc) is 2.70. The summed E-state index contributed by atoms with van der Waals surface area (Å²) >= 11 is 0. The molecule has 7 heteroatoms. The number of aryl methyl sites for hydroxylation is 3.